The summed E-state index contributed by atoms with van der Waals surface area (Å²) in [4.78, 5) is 15.0. The van der Waals surface area contributed by atoms with Gasteiger partial charge < -0.3 is 10.6 Å². The molecule has 0 saturated carbocycles. The second kappa shape index (κ2) is 7.48. The predicted octanol–water partition coefficient (Wildman–Crippen LogP) is 3.41. The predicted molar refractivity (Wildman–Crippen MR) is 83.2 cm³/mol. The van der Waals surface area contributed by atoms with Gasteiger partial charge in [-0.2, -0.15) is 0 Å². The molecule has 0 aliphatic heterocycles. The smallest absolute Gasteiger partial charge is 0.242 e. The van der Waals surface area contributed by atoms with Crippen LogP contribution in [-0.2, 0) is 11.3 Å². The summed E-state index contributed by atoms with van der Waals surface area (Å²) in [5.74, 6) is 0.00359. The Morgan fingerprint density at radius 1 is 1.61 bits per heavy atom. The summed E-state index contributed by atoms with van der Waals surface area (Å²) >= 11 is 5.04. The van der Waals surface area contributed by atoms with E-state index in [0.29, 0.717) is 13.0 Å². The van der Waals surface area contributed by atoms with Crippen LogP contribution in [0.25, 0.3) is 0 Å². The van der Waals surface area contributed by atoms with Crippen molar-refractivity contribution in [2.24, 2.45) is 5.73 Å². The van der Waals surface area contributed by atoms with Crippen molar-refractivity contribution in [2.45, 2.75) is 38.8 Å². The molecule has 18 heavy (non-hydrogen) atoms. The molecule has 3 nitrogen and oxygen atoms in total. The first kappa shape index (κ1) is 17.9. The summed E-state index contributed by atoms with van der Waals surface area (Å²) in [6.45, 7) is 4.46. The minimum Gasteiger partial charge on any atom is -0.339 e. The van der Waals surface area contributed by atoms with Gasteiger partial charge in [-0.3, -0.25) is 4.79 Å². The van der Waals surface area contributed by atoms with E-state index >= 15 is 0 Å². The van der Waals surface area contributed by atoms with Crippen molar-refractivity contribution in [3.8, 4) is 0 Å². The van der Waals surface area contributed by atoms with Crippen LogP contribution in [0.3, 0.4) is 0 Å². The van der Waals surface area contributed by atoms with E-state index in [2.05, 4.69) is 15.9 Å². The van der Waals surface area contributed by atoms with Gasteiger partial charge >= 0.3 is 0 Å². The largest absolute Gasteiger partial charge is 0.339 e. The fourth-order valence-corrected chi connectivity index (χ4v) is 3.31. The van der Waals surface area contributed by atoms with Crippen LogP contribution in [0.5, 0.6) is 0 Å². The van der Waals surface area contributed by atoms with E-state index in [4.69, 9.17) is 5.73 Å². The van der Waals surface area contributed by atoms with Gasteiger partial charge in [-0.25, -0.2) is 0 Å². The molecule has 0 aliphatic rings. The molecule has 1 atom stereocenters. The Bertz CT molecular complexity index is 395. The Balaban J connectivity index is 0.00000289. The van der Waals surface area contributed by atoms with Crippen LogP contribution in [0.2, 0.25) is 0 Å². The number of nitrogens with zero attached hydrogens (tertiary/aromatic N) is 1. The Kier molecular flexibility index (Phi) is 7.44. The number of nitrogens with two attached hydrogens (primary N) is 1. The molecule has 1 aromatic rings. The maximum absolute atomic E-state index is 12.2. The van der Waals surface area contributed by atoms with Crippen molar-refractivity contribution in [2.75, 3.05) is 7.05 Å². The standard InChI is InChI=1S/C12H19BrN2OS.ClH/c1-4-5-12(2,14)11(16)15(3)7-10-6-9(13)8-17-10;/h6,8H,4-5,7,14H2,1-3H3;1H. The first-order valence-electron chi connectivity index (χ1n) is 5.64. The minimum absolute atomic E-state index is 0. The lowest BCUT2D eigenvalue weighted by molar-refractivity contribution is -0.135. The molecule has 0 aliphatic carbocycles. The zero-order valence-corrected chi connectivity index (χ0v) is 14.1. The van der Waals surface area contributed by atoms with E-state index < -0.39 is 5.54 Å². The maximum atomic E-state index is 12.2. The van der Waals surface area contributed by atoms with Crippen molar-refractivity contribution in [3.05, 3.63) is 20.8 Å². The average Bonchev–Trinajstić information content (AvgIpc) is 2.62. The highest BCUT2D eigenvalue weighted by molar-refractivity contribution is 9.10. The van der Waals surface area contributed by atoms with Gasteiger partial charge in [0, 0.05) is 21.8 Å². The third-order valence-electron chi connectivity index (χ3n) is 2.62. The van der Waals surface area contributed by atoms with Gasteiger partial charge in [0.05, 0.1) is 12.1 Å². The normalized spacial score (nSPS) is 13.6. The van der Waals surface area contributed by atoms with Crippen molar-refractivity contribution in [1.29, 1.82) is 0 Å². The Morgan fingerprint density at radius 3 is 2.67 bits per heavy atom. The monoisotopic (exact) mass is 354 g/mol. The molecule has 0 bridgehead atoms. The highest BCUT2D eigenvalue weighted by atomic mass is 79.9. The summed E-state index contributed by atoms with van der Waals surface area (Å²) in [6, 6.07) is 2.03. The molecular formula is C12H20BrClN2OS. The highest BCUT2D eigenvalue weighted by Crippen LogP contribution is 2.22. The van der Waals surface area contributed by atoms with Crippen molar-refractivity contribution >= 4 is 45.6 Å². The number of carbonyl (C=O) groups excluding carboxylic acids is 1. The number of amides is 1. The molecule has 0 saturated heterocycles. The number of likely N-dealkylation sites (N-methyl/N-ethyl adjacent to an activating group) is 1. The molecule has 1 heterocycles. The van der Waals surface area contributed by atoms with Gasteiger partial charge in [0.2, 0.25) is 5.91 Å². The number of rotatable bonds is 5. The Labute approximate surface area is 127 Å². The lowest BCUT2D eigenvalue weighted by atomic mass is 9.96. The van der Waals surface area contributed by atoms with E-state index in [1.54, 1.807) is 30.2 Å². The SMILES string of the molecule is CCCC(C)(N)C(=O)N(C)Cc1cc(Br)cs1.Cl. The lowest BCUT2D eigenvalue weighted by Crippen LogP contribution is -2.51. The van der Waals surface area contributed by atoms with Crippen LogP contribution in [0.15, 0.2) is 15.9 Å². The van der Waals surface area contributed by atoms with E-state index in [1.165, 1.54) is 0 Å². The minimum atomic E-state index is -0.752. The van der Waals surface area contributed by atoms with Gasteiger partial charge in [-0.1, -0.05) is 13.3 Å². The van der Waals surface area contributed by atoms with Gasteiger partial charge in [0.25, 0.3) is 0 Å². The molecular weight excluding hydrogens is 336 g/mol. The third kappa shape index (κ3) is 4.88. The second-order valence-electron chi connectivity index (χ2n) is 4.56. The fourth-order valence-electron chi connectivity index (χ4n) is 1.80. The highest BCUT2D eigenvalue weighted by Gasteiger charge is 2.30. The second-order valence-corrected chi connectivity index (χ2v) is 6.47. The summed E-state index contributed by atoms with van der Waals surface area (Å²) in [7, 11) is 1.80. The lowest BCUT2D eigenvalue weighted by Gasteiger charge is -2.28. The van der Waals surface area contributed by atoms with E-state index in [0.717, 1.165) is 15.8 Å². The molecule has 0 radical (unpaired) electrons. The van der Waals surface area contributed by atoms with Gasteiger partial charge in [0.15, 0.2) is 0 Å². The van der Waals surface area contributed by atoms with Crippen LogP contribution in [0, 0.1) is 0 Å². The summed E-state index contributed by atoms with van der Waals surface area (Å²) < 4.78 is 1.06. The van der Waals surface area contributed by atoms with E-state index in [1.807, 2.05) is 18.4 Å². The van der Waals surface area contributed by atoms with Crippen LogP contribution in [0.1, 0.15) is 31.6 Å². The number of thiophene rings is 1. The van der Waals surface area contributed by atoms with Crippen LogP contribution < -0.4 is 5.73 Å². The van der Waals surface area contributed by atoms with Crippen molar-refractivity contribution in [3.63, 3.8) is 0 Å². The number of hydrogen-bond acceptors (Lipinski definition) is 3. The molecule has 0 aromatic carbocycles. The molecule has 2 N–H and O–H groups in total. The van der Waals surface area contributed by atoms with E-state index in [-0.39, 0.29) is 18.3 Å². The Morgan fingerprint density at radius 2 is 2.22 bits per heavy atom. The van der Waals surface area contributed by atoms with Gasteiger partial charge in [-0.05, 0) is 35.3 Å². The molecule has 0 fully saturated rings. The summed E-state index contributed by atoms with van der Waals surface area (Å²) in [5, 5.41) is 2.02. The topological polar surface area (TPSA) is 46.3 Å². The van der Waals surface area contributed by atoms with Crippen LogP contribution >= 0.6 is 39.7 Å². The quantitative estimate of drug-likeness (QED) is 0.880. The molecule has 1 amide bonds. The van der Waals surface area contributed by atoms with Crippen molar-refractivity contribution < 1.29 is 4.79 Å². The third-order valence-corrected chi connectivity index (χ3v) is 4.30. The molecule has 1 aromatic heterocycles. The average molecular weight is 356 g/mol. The first-order chi connectivity index (χ1) is 7.86. The molecule has 1 unspecified atom stereocenters. The first-order valence-corrected chi connectivity index (χ1v) is 7.31. The van der Waals surface area contributed by atoms with Crippen LogP contribution in [0.4, 0.5) is 0 Å². The zero-order valence-electron chi connectivity index (χ0n) is 10.9. The Hall–Kier alpha value is -0.100. The fraction of sp³-hybridized carbons (Fsp3) is 0.583. The molecule has 6 heteroatoms. The molecule has 1 rings (SSSR count). The van der Waals surface area contributed by atoms with Gasteiger partial charge in [0.1, 0.15) is 0 Å². The number of halogens is 2. The maximum Gasteiger partial charge on any atom is 0.242 e. The van der Waals surface area contributed by atoms with Crippen molar-refractivity contribution in [1.82, 2.24) is 4.90 Å². The summed E-state index contributed by atoms with van der Waals surface area (Å²) in [5.41, 5.74) is 5.28. The number of carbonyl (C=O) groups is 1. The van der Waals surface area contributed by atoms with Crippen LogP contribution in [-0.4, -0.2) is 23.4 Å². The van der Waals surface area contributed by atoms with Gasteiger partial charge in [-0.15, -0.1) is 23.7 Å². The summed E-state index contributed by atoms with van der Waals surface area (Å²) in [6.07, 6.45) is 1.63. The molecule has 104 valence electrons. The zero-order chi connectivity index (χ0) is 13.1. The number of hydrogen-bond donors (Lipinski definition) is 1. The molecule has 0 spiro atoms. The van der Waals surface area contributed by atoms with E-state index in [9.17, 15) is 4.79 Å².